The van der Waals surface area contributed by atoms with Gasteiger partial charge in [0.2, 0.25) is 11.8 Å². The Labute approximate surface area is 178 Å². The summed E-state index contributed by atoms with van der Waals surface area (Å²) in [4.78, 5) is 23.7. The molecule has 0 saturated heterocycles. The van der Waals surface area contributed by atoms with Gasteiger partial charge in [-0.1, -0.05) is 81.4 Å². The lowest BCUT2D eigenvalue weighted by Crippen LogP contribution is -2.67. The number of aliphatic hydroxyl groups excluding tert-OH is 1. The standard InChI is InChI=1S/C22H31N3O4Si/c1-22(2,3)30(16-10-6-4-7-11-16,17-12-8-5-9-13-17)29-15-18(23)21(28)25-19(14-26)20(24)27/h4-13,18-19,26H,14-15,23H2,1-3H3,(H2,24,27)(H,25,28). The zero-order valence-corrected chi connectivity index (χ0v) is 18.7. The Morgan fingerprint density at radius 1 is 1.03 bits per heavy atom. The zero-order valence-electron chi connectivity index (χ0n) is 17.7. The highest BCUT2D eigenvalue weighted by molar-refractivity contribution is 6.99. The molecule has 7 nitrogen and oxygen atoms in total. The summed E-state index contributed by atoms with van der Waals surface area (Å²) in [7, 11) is -2.83. The third kappa shape index (κ3) is 5.14. The smallest absolute Gasteiger partial charge is 0.261 e. The Morgan fingerprint density at radius 3 is 1.87 bits per heavy atom. The number of rotatable bonds is 9. The summed E-state index contributed by atoms with van der Waals surface area (Å²) in [5.41, 5.74) is 11.2. The fourth-order valence-corrected chi connectivity index (χ4v) is 8.12. The maximum atomic E-state index is 12.4. The van der Waals surface area contributed by atoms with Gasteiger partial charge in [0.25, 0.3) is 8.32 Å². The Balaban J connectivity index is 2.37. The molecule has 0 aliphatic carbocycles. The van der Waals surface area contributed by atoms with Crippen molar-refractivity contribution < 1.29 is 19.1 Å². The van der Waals surface area contributed by atoms with E-state index >= 15 is 0 Å². The van der Waals surface area contributed by atoms with E-state index in [4.69, 9.17) is 15.9 Å². The lowest BCUT2D eigenvalue weighted by Gasteiger charge is -2.43. The second-order valence-electron chi connectivity index (χ2n) is 8.23. The van der Waals surface area contributed by atoms with Crippen molar-refractivity contribution in [1.29, 1.82) is 0 Å². The van der Waals surface area contributed by atoms with Crippen molar-refractivity contribution in [1.82, 2.24) is 5.32 Å². The van der Waals surface area contributed by atoms with Gasteiger partial charge in [-0.25, -0.2) is 0 Å². The van der Waals surface area contributed by atoms with Crippen LogP contribution in [0.3, 0.4) is 0 Å². The van der Waals surface area contributed by atoms with Crippen molar-refractivity contribution in [3.63, 3.8) is 0 Å². The van der Waals surface area contributed by atoms with Gasteiger partial charge in [-0.3, -0.25) is 9.59 Å². The molecule has 2 aromatic carbocycles. The number of carbonyl (C=O) groups is 2. The van der Waals surface area contributed by atoms with Crippen LogP contribution in [0.1, 0.15) is 20.8 Å². The van der Waals surface area contributed by atoms with Gasteiger partial charge in [0.1, 0.15) is 12.1 Å². The minimum Gasteiger partial charge on any atom is -0.405 e. The van der Waals surface area contributed by atoms with E-state index in [9.17, 15) is 14.7 Å². The molecule has 0 heterocycles. The second kappa shape index (κ2) is 9.99. The molecule has 2 atom stereocenters. The molecule has 0 aromatic heterocycles. The lowest BCUT2D eigenvalue weighted by atomic mass is 10.2. The van der Waals surface area contributed by atoms with E-state index in [2.05, 4.69) is 26.1 Å². The molecule has 6 N–H and O–H groups in total. The molecule has 8 heteroatoms. The molecule has 0 bridgehead atoms. The number of carbonyl (C=O) groups excluding carboxylic acids is 2. The Kier molecular flexibility index (Phi) is 7.91. The van der Waals surface area contributed by atoms with E-state index < -0.39 is 38.8 Å². The van der Waals surface area contributed by atoms with E-state index in [1.165, 1.54) is 0 Å². The fraction of sp³-hybridized carbons (Fsp3) is 0.364. The van der Waals surface area contributed by atoms with Crippen LogP contribution < -0.4 is 27.2 Å². The fourth-order valence-electron chi connectivity index (χ4n) is 3.54. The summed E-state index contributed by atoms with van der Waals surface area (Å²) in [6, 6.07) is 17.8. The van der Waals surface area contributed by atoms with Gasteiger partial charge in [0.05, 0.1) is 13.2 Å². The average Bonchev–Trinajstić information content (AvgIpc) is 2.72. The number of hydrogen-bond donors (Lipinski definition) is 4. The summed E-state index contributed by atoms with van der Waals surface area (Å²) in [5.74, 6) is -1.43. The number of nitrogens with one attached hydrogen (secondary N) is 1. The van der Waals surface area contributed by atoms with Gasteiger partial charge in [-0.2, -0.15) is 0 Å². The average molecular weight is 430 g/mol. The van der Waals surface area contributed by atoms with Crippen molar-refractivity contribution in [2.75, 3.05) is 13.2 Å². The molecule has 0 radical (unpaired) electrons. The van der Waals surface area contributed by atoms with Gasteiger partial charge in [-0.05, 0) is 15.4 Å². The Morgan fingerprint density at radius 2 is 1.50 bits per heavy atom. The maximum Gasteiger partial charge on any atom is 0.261 e. The van der Waals surface area contributed by atoms with E-state index in [0.29, 0.717) is 0 Å². The third-order valence-electron chi connectivity index (χ3n) is 5.08. The van der Waals surface area contributed by atoms with Gasteiger partial charge < -0.3 is 26.3 Å². The molecule has 0 fully saturated rings. The van der Waals surface area contributed by atoms with Gasteiger partial charge in [0, 0.05) is 0 Å². The molecule has 0 saturated carbocycles. The van der Waals surface area contributed by atoms with Crippen LogP contribution in [0.25, 0.3) is 0 Å². The van der Waals surface area contributed by atoms with Crippen molar-refractivity contribution in [2.45, 2.75) is 37.9 Å². The number of primary amides is 1. The first-order valence-corrected chi connectivity index (χ1v) is 11.8. The monoisotopic (exact) mass is 429 g/mol. The number of hydrogen-bond acceptors (Lipinski definition) is 5. The SMILES string of the molecule is CC(C)(C)[Si](OCC(N)C(=O)NC(CO)C(N)=O)(c1ccccc1)c1ccccc1. The van der Waals surface area contributed by atoms with Crippen LogP contribution in [0, 0.1) is 0 Å². The van der Waals surface area contributed by atoms with E-state index in [0.717, 1.165) is 10.4 Å². The lowest BCUT2D eigenvalue weighted by molar-refractivity contribution is -0.129. The van der Waals surface area contributed by atoms with Crippen LogP contribution in [-0.2, 0) is 14.0 Å². The second-order valence-corrected chi connectivity index (χ2v) is 12.5. The summed E-state index contributed by atoms with van der Waals surface area (Å²) >= 11 is 0. The predicted octanol–water partition coefficient (Wildman–Crippen LogP) is -0.147. The predicted molar refractivity (Wildman–Crippen MR) is 120 cm³/mol. The highest BCUT2D eigenvalue weighted by Gasteiger charge is 2.50. The summed E-state index contributed by atoms with van der Waals surface area (Å²) in [6.07, 6.45) is 0. The maximum absolute atomic E-state index is 12.4. The molecule has 0 aliphatic heterocycles. The van der Waals surface area contributed by atoms with E-state index in [-0.39, 0.29) is 11.6 Å². The largest absolute Gasteiger partial charge is 0.405 e. The van der Waals surface area contributed by atoms with Crippen LogP contribution in [0.2, 0.25) is 5.04 Å². The number of amides is 2. The topological polar surface area (TPSA) is 128 Å². The highest BCUT2D eigenvalue weighted by Crippen LogP contribution is 2.36. The van der Waals surface area contributed by atoms with Crippen LogP contribution in [-0.4, -0.2) is 50.5 Å². The van der Waals surface area contributed by atoms with Crippen molar-refractivity contribution in [3.05, 3.63) is 60.7 Å². The van der Waals surface area contributed by atoms with Crippen molar-refractivity contribution in [2.24, 2.45) is 11.5 Å². The molecule has 0 spiro atoms. The van der Waals surface area contributed by atoms with Crippen LogP contribution in [0.4, 0.5) is 0 Å². The van der Waals surface area contributed by atoms with Crippen LogP contribution in [0.5, 0.6) is 0 Å². The molecule has 30 heavy (non-hydrogen) atoms. The Bertz CT molecular complexity index is 801. The molecule has 2 rings (SSSR count). The molecule has 162 valence electrons. The summed E-state index contributed by atoms with van der Waals surface area (Å²) in [5, 5.41) is 13.5. The highest BCUT2D eigenvalue weighted by atomic mass is 28.4. The third-order valence-corrected chi connectivity index (χ3v) is 10.1. The van der Waals surface area contributed by atoms with Crippen LogP contribution >= 0.6 is 0 Å². The first-order valence-electron chi connectivity index (χ1n) is 9.84. The summed E-state index contributed by atoms with van der Waals surface area (Å²) < 4.78 is 6.60. The van der Waals surface area contributed by atoms with Gasteiger partial charge in [0.15, 0.2) is 0 Å². The number of aliphatic hydroxyl groups is 1. The molecular weight excluding hydrogens is 398 g/mol. The Hall–Kier alpha value is -2.52. The first kappa shape index (κ1) is 23.8. The normalized spacial score (nSPS) is 14.0. The van der Waals surface area contributed by atoms with Gasteiger partial charge in [-0.15, -0.1) is 0 Å². The van der Waals surface area contributed by atoms with Crippen molar-refractivity contribution in [3.8, 4) is 0 Å². The quantitative estimate of drug-likeness (QED) is 0.412. The van der Waals surface area contributed by atoms with Crippen LogP contribution in [0.15, 0.2) is 60.7 Å². The minimum atomic E-state index is -2.83. The molecule has 2 aromatic rings. The first-order chi connectivity index (χ1) is 14.1. The molecular formula is C22H31N3O4Si. The zero-order chi connectivity index (χ0) is 22.4. The molecule has 2 unspecified atom stereocenters. The van der Waals surface area contributed by atoms with E-state index in [1.807, 2.05) is 60.7 Å². The molecule has 0 aliphatic rings. The number of benzene rings is 2. The number of nitrogens with two attached hydrogens (primary N) is 2. The van der Waals surface area contributed by atoms with E-state index in [1.54, 1.807) is 0 Å². The molecule has 2 amide bonds. The summed E-state index contributed by atoms with van der Waals surface area (Å²) in [6.45, 7) is 5.73. The van der Waals surface area contributed by atoms with Crippen molar-refractivity contribution >= 4 is 30.5 Å². The van der Waals surface area contributed by atoms with Gasteiger partial charge >= 0.3 is 0 Å². The minimum absolute atomic E-state index is 0.0456.